The Bertz CT molecular complexity index is 723. The fourth-order valence-corrected chi connectivity index (χ4v) is 1.83. The van der Waals surface area contributed by atoms with Crippen molar-refractivity contribution in [3.05, 3.63) is 24.7 Å². The molecule has 0 saturated carbocycles. The van der Waals surface area contributed by atoms with Crippen LogP contribution >= 0.6 is 0 Å². The topological polar surface area (TPSA) is 88.6 Å². The van der Waals surface area contributed by atoms with Gasteiger partial charge in [-0.25, -0.2) is 4.98 Å². The van der Waals surface area contributed by atoms with Gasteiger partial charge >= 0.3 is 0 Å². The van der Waals surface area contributed by atoms with Crippen LogP contribution in [0.2, 0.25) is 0 Å². The minimum absolute atomic E-state index is 0.523. The summed E-state index contributed by atoms with van der Waals surface area (Å²) in [7, 11) is 3.37. The van der Waals surface area contributed by atoms with Gasteiger partial charge in [-0.05, 0) is 6.07 Å². The van der Waals surface area contributed by atoms with E-state index in [-0.39, 0.29) is 0 Å². The van der Waals surface area contributed by atoms with E-state index < -0.39 is 0 Å². The lowest BCUT2D eigenvalue weighted by Crippen LogP contribution is -1.99. The van der Waals surface area contributed by atoms with E-state index >= 15 is 0 Å². The van der Waals surface area contributed by atoms with Crippen LogP contribution in [0.25, 0.3) is 22.3 Å². The molecule has 0 saturated heterocycles. The first-order valence-electron chi connectivity index (χ1n) is 5.70. The van der Waals surface area contributed by atoms with Crippen LogP contribution in [0, 0.1) is 0 Å². The molecule has 2 N–H and O–H groups in total. The number of rotatable bonds is 3. The number of hydrogen-bond acceptors (Lipinski definition) is 6. The summed E-state index contributed by atoms with van der Waals surface area (Å²) in [5, 5.41) is 10.6. The monoisotopic (exact) mass is 256 g/mol. The summed E-state index contributed by atoms with van der Waals surface area (Å²) in [4.78, 5) is 12.9. The van der Waals surface area contributed by atoms with Crippen molar-refractivity contribution in [3.8, 4) is 17.0 Å². The molecule has 0 amide bonds. The van der Waals surface area contributed by atoms with Crippen molar-refractivity contribution < 1.29 is 4.74 Å². The van der Waals surface area contributed by atoms with E-state index in [1.54, 1.807) is 32.7 Å². The molecule has 0 aliphatic rings. The summed E-state index contributed by atoms with van der Waals surface area (Å²) in [5.41, 5.74) is 2.29. The van der Waals surface area contributed by atoms with Crippen molar-refractivity contribution in [1.82, 2.24) is 25.1 Å². The summed E-state index contributed by atoms with van der Waals surface area (Å²) in [5.74, 6) is 1.20. The quantitative estimate of drug-likeness (QED) is 0.737. The van der Waals surface area contributed by atoms with E-state index in [2.05, 4.69) is 30.5 Å². The molecule has 0 radical (unpaired) electrons. The molecule has 19 heavy (non-hydrogen) atoms. The van der Waals surface area contributed by atoms with E-state index in [4.69, 9.17) is 4.74 Å². The lowest BCUT2D eigenvalue weighted by molar-refractivity contribution is 0.413. The van der Waals surface area contributed by atoms with Gasteiger partial charge in [-0.15, -0.1) is 0 Å². The van der Waals surface area contributed by atoms with E-state index in [1.807, 2.05) is 6.07 Å². The second-order valence-corrected chi connectivity index (χ2v) is 3.89. The van der Waals surface area contributed by atoms with Gasteiger partial charge in [0.15, 0.2) is 5.65 Å². The second-order valence-electron chi connectivity index (χ2n) is 3.89. The maximum absolute atomic E-state index is 5.18. The Morgan fingerprint density at radius 2 is 2.11 bits per heavy atom. The molecule has 3 heterocycles. The molecule has 0 fully saturated rings. The maximum atomic E-state index is 5.18. The van der Waals surface area contributed by atoms with Crippen molar-refractivity contribution in [2.24, 2.45) is 0 Å². The number of nitrogens with one attached hydrogen (secondary N) is 2. The first kappa shape index (κ1) is 11.4. The van der Waals surface area contributed by atoms with Crippen molar-refractivity contribution in [3.63, 3.8) is 0 Å². The molecule has 3 aromatic rings. The number of H-pyrrole nitrogens is 1. The lowest BCUT2D eigenvalue weighted by atomic mass is 10.1. The Kier molecular flexibility index (Phi) is 2.71. The third kappa shape index (κ3) is 1.95. The number of hydrogen-bond donors (Lipinski definition) is 2. The molecule has 0 spiro atoms. The highest BCUT2D eigenvalue weighted by molar-refractivity contribution is 5.90. The summed E-state index contributed by atoms with van der Waals surface area (Å²) < 4.78 is 5.18. The number of anilines is 1. The lowest BCUT2D eigenvalue weighted by Gasteiger charge is -2.06. The van der Waals surface area contributed by atoms with Crippen molar-refractivity contribution in [2.75, 3.05) is 19.5 Å². The van der Waals surface area contributed by atoms with Gasteiger partial charge in [0.25, 0.3) is 0 Å². The highest BCUT2D eigenvalue weighted by Crippen LogP contribution is 2.27. The minimum atomic E-state index is 0.523. The van der Waals surface area contributed by atoms with Crippen LogP contribution in [0.5, 0.6) is 5.75 Å². The summed E-state index contributed by atoms with van der Waals surface area (Å²) in [6, 6.07) is 1.88. The van der Waals surface area contributed by atoms with Crippen LogP contribution in [-0.4, -0.2) is 39.3 Å². The van der Waals surface area contributed by atoms with Gasteiger partial charge in [0.05, 0.1) is 30.6 Å². The summed E-state index contributed by atoms with van der Waals surface area (Å²) in [6.45, 7) is 0. The van der Waals surface area contributed by atoms with Gasteiger partial charge in [0, 0.05) is 18.8 Å². The molecule has 0 aliphatic carbocycles. The molecule has 0 aliphatic heterocycles. The van der Waals surface area contributed by atoms with Crippen LogP contribution in [-0.2, 0) is 0 Å². The second kappa shape index (κ2) is 4.52. The molecular formula is C12H12N6O. The Morgan fingerprint density at radius 1 is 1.21 bits per heavy atom. The number of aromatic nitrogens is 5. The highest BCUT2D eigenvalue weighted by atomic mass is 16.5. The average Bonchev–Trinajstić information content (AvgIpc) is 2.94. The molecule has 0 atom stereocenters. The molecule has 0 unspecified atom stereocenters. The molecule has 3 aromatic heterocycles. The number of fused-ring (bicyclic) bond motifs is 1. The number of ether oxygens (including phenoxy) is 1. The van der Waals surface area contributed by atoms with Gasteiger partial charge in [-0.2, -0.15) is 10.1 Å². The minimum Gasteiger partial charge on any atom is -0.495 e. The zero-order valence-corrected chi connectivity index (χ0v) is 10.5. The Balaban J connectivity index is 2.24. The molecule has 3 rings (SSSR count). The van der Waals surface area contributed by atoms with Crippen molar-refractivity contribution in [2.45, 2.75) is 0 Å². The smallest absolute Gasteiger partial charge is 0.225 e. The van der Waals surface area contributed by atoms with Gasteiger partial charge < -0.3 is 10.1 Å². The standard InChI is InChI=1S/C12H12N6O/c1-13-12-16-10(9-6-15-18-11(9)17-12)7-3-8(19-2)5-14-4-7/h3-6H,1-2H3,(H2,13,15,16,17,18). The van der Waals surface area contributed by atoms with E-state index in [9.17, 15) is 0 Å². The number of methoxy groups -OCH3 is 1. The van der Waals surface area contributed by atoms with Gasteiger partial charge in [0.1, 0.15) is 5.75 Å². The number of aromatic amines is 1. The molecule has 0 bridgehead atoms. The predicted octanol–water partition coefficient (Wildman–Crippen LogP) is 1.47. The van der Waals surface area contributed by atoms with E-state index in [0.717, 1.165) is 16.6 Å². The third-order valence-corrected chi connectivity index (χ3v) is 2.76. The molecule has 96 valence electrons. The number of nitrogens with zero attached hydrogens (tertiary/aromatic N) is 4. The zero-order chi connectivity index (χ0) is 13.2. The third-order valence-electron chi connectivity index (χ3n) is 2.76. The fraction of sp³-hybridized carbons (Fsp3) is 0.167. The molecule has 0 aromatic carbocycles. The van der Waals surface area contributed by atoms with Gasteiger partial charge in [0.2, 0.25) is 5.95 Å². The zero-order valence-electron chi connectivity index (χ0n) is 10.5. The van der Waals surface area contributed by atoms with Crippen molar-refractivity contribution >= 4 is 17.0 Å². The van der Waals surface area contributed by atoms with E-state index in [0.29, 0.717) is 17.3 Å². The van der Waals surface area contributed by atoms with Crippen LogP contribution in [0.15, 0.2) is 24.7 Å². The summed E-state index contributed by atoms with van der Waals surface area (Å²) >= 11 is 0. The van der Waals surface area contributed by atoms with Crippen LogP contribution in [0.3, 0.4) is 0 Å². The van der Waals surface area contributed by atoms with Crippen LogP contribution < -0.4 is 10.1 Å². The molecular weight excluding hydrogens is 244 g/mol. The van der Waals surface area contributed by atoms with Crippen LogP contribution in [0.4, 0.5) is 5.95 Å². The number of pyridine rings is 1. The highest BCUT2D eigenvalue weighted by Gasteiger charge is 2.11. The Labute approximate surface area is 109 Å². The van der Waals surface area contributed by atoms with Crippen LogP contribution in [0.1, 0.15) is 0 Å². The SMILES string of the molecule is CNc1nc(-c2cncc(OC)c2)c2cn[nH]c2n1. The largest absolute Gasteiger partial charge is 0.495 e. The normalized spacial score (nSPS) is 10.6. The van der Waals surface area contributed by atoms with Gasteiger partial charge in [-0.3, -0.25) is 10.1 Å². The average molecular weight is 256 g/mol. The fourth-order valence-electron chi connectivity index (χ4n) is 1.83. The summed E-state index contributed by atoms with van der Waals surface area (Å²) in [6.07, 6.45) is 5.08. The molecule has 7 nitrogen and oxygen atoms in total. The first-order chi connectivity index (χ1) is 9.31. The Hall–Kier alpha value is -2.70. The first-order valence-corrected chi connectivity index (χ1v) is 5.70. The Morgan fingerprint density at radius 3 is 2.89 bits per heavy atom. The maximum Gasteiger partial charge on any atom is 0.225 e. The van der Waals surface area contributed by atoms with E-state index in [1.165, 1.54) is 0 Å². The predicted molar refractivity (Wildman–Crippen MR) is 71.0 cm³/mol. The molecule has 7 heteroatoms. The van der Waals surface area contributed by atoms with Crippen molar-refractivity contribution in [1.29, 1.82) is 0 Å². The van der Waals surface area contributed by atoms with Gasteiger partial charge in [-0.1, -0.05) is 0 Å².